The van der Waals surface area contributed by atoms with Crippen LogP contribution in [0.25, 0.3) is 5.57 Å². The second-order valence-corrected chi connectivity index (χ2v) is 8.43. The number of rotatable bonds is 10. The maximum absolute atomic E-state index is 13.4. The lowest BCUT2D eigenvalue weighted by atomic mass is 10.0. The average molecular weight is 414 g/mol. The van der Waals surface area contributed by atoms with Crippen LogP contribution in [-0.4, -0.2) is 42.4 Å². The maximum atomic E-state index is 13.4. The van der Waals surface area contributed by atoms with Gasteiger partial charge in [0.15, 0.2) is 0 Å². The largest absolute Gasteiger partial charge is 0.390 e. The summed E-state index contributed by atoms with van der Waals surface area (Å²) >= 11 is 0. The van der Waals surface area contributed by atoms with Gasteiger partial charge in [-0.2, -0.15) is 0 Å². The molecule has 0 aliphatic carbocycles. The first kappa shape index (κ1) is 23.5. The first-order valence-corrected chi connectivity index (χ1v) is 10.4. The molecule has 1 amide bonds. The average Bonchev–Trinajstić information content (AvgIpc) is 3.19. The van der Waals surface area contributed by atoms with E-state index in [0.717, 1.165) is 29.5 Å². The van der Waals surface area contributed by atoms with E-state index in [1.54, 1.807) is 24.4 Å². The summed E-state index contributed by atoms with van der Waals surface area (Å²) in [6.45, 7) is 8.60. The number of benzene rings is 1. The Hall–Kier alpha value is -2.76. The number of halogens is 1. The van der Waals surface area contributed by atoms with Crippen LogP contribution >= 0.6 is 0 Å². The second-order valence-electron chi connectivity index (χ2n) is 8.43. The minimum absolute atomic E-state index is 0.253. The quantitative estimate of drug-likeness (QED) is 0.585. The van der Waals surface area contributed by atoms with Gasteiger partial charge in [-0.3, -0.25) is 9.79 Å². The molecule has 6 heteroatoms. The van der Waals surface area contributed by atoms with Gasteiger partial charge in [0.2, 0.25) is 0 Å². The number of allylic oxidation sites excluding steroid dienone is 1. The smallest absolute Gasteiger partial charge is 0.276 e. The Morgan fingerprint density at radius 1 is 1.20 bits per heavy atom. The number of nitrogens with zero attached hydrogens (tertiary/aromatic N) is 2. The van der Waals surface area contributed by atoms with Crippen molar-refractivity contribution >= 4 is 23.5 Å². The molecular formula is C24H32FN3O2. The molecule has 1 aliphatic rings. The monoisotopic (exact) mass is 413 g/mol. The Bertz CT molecular complexity index is 839. The number of amides is 1. The van der Waals surface area contributed by atoms with Crippen LogP contribution < -0.4 is 5.32 Å². The molecule has 1 aliphatic heterocycles. The van der Waals surface area contributed by atoms with Gasteiger partial charge in [0.05, 0.1) is 12.6 Å². The molecule has 0 bridgehead atoms. The van der Waals surface area contributed by atoms with E-state index in [1.807, 2.05) is 20.9 Å². The molecule has 1 aromatic carbocycles. The van der Waals surface area contributed by atoms with Crippen molar-refractivity contribution in [2.24, 2.45) is 16.8 Å². The van der Waals surface area contributed by atoms with Gasteiger partial charge in [0.1, 0.15) is 17.8 Å². The van der Waals surface area contributed by atoms with Crippen LogP contribution in [0.3, 0.4) is 0 Å². The van der Waals surface area contributed by atoms with Gasteiger partial charge >= 0.3 is 0 Å². The summed E-state index contributed by atoms with van der Waals surface area (Å²) in [5, 5.41) is 3.14. The highest BCUT2D eigenvalue weighted by molar-refractivity contribution is 6.45. The zero-order chi connectivity index (χ0) is 22.3. The van der Waals surface area contributed by atoms with Crippen molar-refractivity contribution in [3.63, 3.8) is 0 Å². The van der Waals surface area contributed by atoms with Crippen LogP contribution in [-0.2, 0) is 9.59 Å². The minimum atomic E-state index is -0.570. The fraction of sp³-hybridized carbons (Fsp3) is 0.458. The summed E-state index contributed by atoms with van der Waals surface area (Å²) in [6, 6.07) is 5.56. The second kappa shape index (κ2) is 10.9. The standard InChI is InChI=1S/C24H32FN3O2/c1-16(2)10-21(26-5)14-28(22(15-29)11-17(3)4)24(30)23-12-19(13-27-23)18-6-8-20(25)9-7-18/h6-9,12,14-17,22,26H,10-11,13H2,1-5H3/b21-14-. The molecule has 1 unspecified atom stereocenters. The number of carbonyl (C=O) groups is 2. The van der Waals surface area contributed by atoms with Crippen LogP contribution in [0, 0.1) is 17.7 Å². The molecule has 1 N–H and O–H groups in total. The van der Waals surface area contributed by atoms with E-state index in [9.17, 15) is 14.0 Å². The Labute approximate surface area is 178 Å². The van der Waals surface area contributed by atoms with E-state index in [4.69, 9.17) is 0 Å². The van der Waals surface area contributed by atoms with Gasteiger partial charge in [-0.05, 0) is 54.0 Å². The molecular weight excluding hydrogens is 381 g/mol. The molecule has 0 fully saturated rings. The summed E-state index contributed by atoms with van der Waals surface area (Å²) in [7, 11) is 1.81. The molecule has 1 aromatic rings. The van der Waals surface area contributed by atoms with E-state index in [-0.39, 0.29) is 17.6 Å². The van der Waals surface area contributed by atoms with Gasteiger partial charge in [0.25, 0.3) is 5.91 Å². The van der Waals surface area contributed by atoms with E-state index in [0.29, 0.717) is 24.6 Å². The SMILES string of the molecule is CN/C(=C\N(C(=O)C1=NCC(c2ccc(F)cc2)=C1)C(C=O)CC(C)C)CC(C)C. The lowest BCUT2D eigenvalue weighted by Crippen LogP contribution is -2.42. The van der Waals surface area contributed by atoms with Crippen LogP contribution in [0.1, 0.15) is 46.1 Å². The molecule has 0 saturated heterocycles. The van der Waals surface area contributed by atoms with Crippen LogP contribution in [0.2, 0.25) is 0 Å². The molecule has 1 heterocycles. The Balaban J connectivity index is 2.34. The third kappa shape index (κ3) is 6.37. The minimum Gasteiger partial charge on any atom is -0.390 e. The molecule has 1 atom stereocenters. The van der Waals surface area contributed by atoms with E-state index >= 15 is 0 Å². The number of hydrogen-bond donors (Lipinski definition) is 1. The van der Waals surface area contributed by atoms with Gasteiger partial charge in [-0.25, -0.2) is 4.39 Å². The zero-order valence-corrected chi connectivity index (χ0v) is 18.5. The van der Waals surface area contributed by atoms with Crippen molar-refractivity contribution in [3.05, 3.63) is 53.6 Å². The lowest BCUT2D eigenvalue weighted by molar-refractivity contribution is -0.127. The predicted molar refractivity (Wildman–Crippen MR) is 119 cm³/mol. The molecule has 0 aromatic heterocycles. The van der Waals surface area contributed by atoms with Crippen molar-refractivity contribution in [1.82, 2.24) is 10.2 Å². The maximum Gasteiger partial charge on any atom is 0.276 e. The third-order valence-electron chi connectivity index (χ3n) is 4.87. The Morgan fingerprint density at radius 2 is 1.87 bits per heavy atom. The molecule has 0 radical (unpaired) electrons. The van der Waals surface area contributed by atoms with Crippen molar-refractivity contribution < 1.29 is 14.0 Å². The molecule has 162 valence electrons. The molecule has 30 heavy (non-hydrogen) atoms. The van der Waals surface area contributed by atoms with Crippen molar-refractivity contribution in [2.75, 3.05) is 13.6 Å². The van der Waals surface area contributed by atoms with Gasteiger partial charge < -0.3 is 15.0 Å². The summed E-state index contributed by atoms with van der Waals surface area (Å²) in [5.41, 5.74) is 2.87. The Morgan fingerprint density at radius 3 is 2.40 bits per heavy atom. The van der Waals surface area contributed by atoms with Crippen molar-refractivity contribution in [1.29, 1.82) is 0 Å². The molecule has 5 nitrogen and oxygen atoms in total. The van der Waals surface area contributed by atoms with Crippen LogP contribution in [0.5, 0.6) is 0 Å². The van der Waals surface area contributed by atoms with E-state index in [1.165, 1.54) is 17.0 Å². The Kier molecular flexibility index (Phi) is 8.51. The van der Waals surface area contributed by atoms with E-state index in [2.05, 4.69) is 24.2 Å². The van der Waals surface area contributed by atoms with Crippen molar-refractivity contribution in [3.8, 4) is 0 Å². The zero-order valence-electron chi connectivity index (χ0n) is 18.5. The predicted octanol–water partition coefficient (Wildman–Crippen LogP) is 4.21. The van der Waals surface area contributed by atoms with Gasteiger partial charge in [-0.15, -0.1) is 0 Å². The summed E-state index contributed by atoms with van der Waals surface area (Å²) in [6.07, 6.45) is 5.63. The third-order valence-corrected chi connectivity index (χ3v) is 4.87. The molecule has 0 spiro atoms. The number of hydrogen-bond acceptors (Lipinski definition) is 4. The highest BCUT2D eigenvalue weighted by Gasteiger charge is 2.28. The molecule has 0 saturated carbocycles. The van der Waals surface area contributed by atoms with Crippen LogP contribution in [0.4, 0.5) is 4.39 Å². The highest BCUT2D eigenvalue weighted by atomic mass is 19.1. The summed E-state index contributed by atoms with van der Waals surface area (Å²) in [5.74, 6) is 0.0385. The fourth-order valence-electron chi connectivity index (χ4n) is 3.38. The lowest BCUT2D eigenvalue weighted by Gasteiger charge is -2.27. The number of aldehydes is 1. The van der Waals surface area contributed by atoms with Crippen molar-refractivity contribution in [2.45, 2.75) is 46.6 Å². The number of carbonyl (C=O) groups excluding carboxylic acids is 2. The van der Waals surface area contributed by atoms with E-state index < -0.39 is 6.04 Å². The topological polar surface area (TPSA) is 61.8 Å². The molecule has 2 rings (SSSR count). The normalized spacial score (nSPS) is 15.1. The highest BCUT2D eigenvalue weighted by Crippen LogP contribution is 2.22. The van der Waals surface area contributed by atoms with Gasteiger partial charge in [0, 0.05) is 18.9 Å². The number of nitrogens with one attached hydrogen (secondary N) is 1. The van der Waals surface area contributed by atoms with Gasteiger partial charge in [-0.1, -0.05) is 39.8 Å². The first-order chi connectivity index (χ1) is 14.2. The first-order valence-electron chi connectivity index (χ1n) is 10.4. The number of aliphatic imine (C=N–C) groups is 1. The summed E-state index contributed by atoms with van der Waals surface area (Å²) < 4.78 is 13.2. The summed E-state index contributed by atoms with van der Waals surface area (Å²) in [4.78, 5) is 31.1. The van der Waals surface area contributed by atoms with Crippen LogP contribution in [0.15, 0.2) is 47.2 Å². The fourth-order valence-corrected chi connectivity index (χ4v) is 3.38.